The molecule has 0 radical (unpaired) electrons. The van der Waals surface area contributed by atoms with Crippen LogP contribution in [0.1, 0.15) is 40.0 Å². The number of hydrogen-bond acceptors (Lipinski definition) is 3. The first-order valence-corrected chi connectivity index (χ1v) is 6.19. The molecule has 3 heteroatoms. The second kappa shape index (κ2) is 9.82. The van der Waals surface area contributed by atoms with Gasteiger partial charge < -0.3 is 15.5 Å². The molecule has 0 fully saturated rings. The van der Waals surface area contributed by atoms with Crippen LogP contribution in [0.5, 0.6) is 0 Å². The Bertz CT molecular complexity index is 188. The molecule has 0 aromatic rings. The Morgan fingerprint density at radius 2 is 2.00 bits per heavy atom. The van der Waals surface area contributed by atoms with Crippen molar-refractivity contribution < 1.29 is 10.2 Å². The molecule has 0 saturated heterocycles. The molecule has 0 bridgehead atoms. The summed E-state index contributed by atoms with van der Waals surface area (Å²) in [5.41, 5.74) is 1.39. The second-order valence-electron chi connectivity index (χ2n) is 4.79. The van der Waals surface area contributed by atoms with Gasteiger partial charge in [0, 0.05) is 6.54 Å². The van der Waals surface area contributed by atoms with Crippen molar-refractivity contribution in [1.82, 2.24) is 5.32 Å². The van der Waals surface area contributed by atoms with Gasteiger partial charge in [0.25, 0.3) is 0 Å². The lowest BCUT2D eigenvalue weighted by molar-refractivity contribution is 0.0943. The third kappa shape index (κ3) is 10.1. The number of allylic oxidation sites excluding steroid dienone is 2. The zero-order valence-electron chi connectivity index (χ0n) is 10.9. The van der Waals surface area contributed by atoms with E-state index in [0.29, 0.717) is 12.5 Å². The Balaban J connectivity index is 3.37. The highest BCUT2D eigenvalue weighted by molar-refractivity contribution is 4.92. The smallest absolute Gasteiger partial charge is 0.0894 e. The van der Waals surface area contributed by atoms with Crippen molar-refractivity contribution >= 4 is 0 Å². The van der Waals surface area contributed by atoms with Crippen LogP contribution in [0.3, 0.4) is 0 Å². The van der Waals surface area contributed by atoms with Gasteiger partial charge >= 0.3 is 0 Å². The SMILES string of the molecule is CC(C)=CCC[C@H](C)CCNC[C@H](O)CO. The van der Waals surface area contributed by atoms with E-state index in [9.17, 15) is 0 Å². The summed E-state index contributed by atoms with van der Waals surface area (Å²) in [7, 11) is 0. The number of nitrogens with one attached hydrogen (secondary N) is 1. The van der Waals surface area contributed by atoms with E-state index in [1.807, 2.05) is 0 Å². The summed E-state index contributed by atoms with van der Waals surface area (Å²) in [6.07, 6.45) is 5.15. The normalized spacial score (nSPS) is 14.6. The molecule has 3 N–H and O–H groups in total. The van der Waals surface area contributed by atoms with Crippen LogP contribution in [-0.2, 0) is 0 Å². The minimum Gasteiger partial charge on any atom is -0.394 e. The van der Waals surface area contributed by atoms with Crippen LogP contribution in [-0.4, -0.2) is 36.0 Å². The zero-order chi connectivity index (χ0) is 12.4. The Kier molecular flexibility index (Phi) is 9.59. The van der Waals surface area contributed by atoms with E-state index in [-0.39, 0.29) is 6.61 Å². The summed E-state index contributed by atoms with van der Waals surface area (Å²) in [4.78, 5) is 0. The highest BCUT2D eigenvalue weighted by atomic mass is 16.3. The van der Waals surface area contributed by atoms with Crippen molar-refractivity contribution in [2.24, 2.45) is 5.92 Å². The highest BCUT2D eigenvalue weighted by Gasteiger charge is 2.03. The lowest BCUT2D eigenvalue weighted by Gasteiger charge is -2.12. The van der Waals surface area contributed by atoms with Gasteiger partial charge in [-0.05, 0) is 45.6 Å². The van der Waals surface area contributed by atoms with Gasteiger partial charge in [0.1, 0.15) is 0 Å². The van der Waals surface area contributed by atoms with Gasteiger partial charge in [0.2, 0.25) is 0 Å². The standard InChI is InChI=1S/C13H27NO2/c1-11(2)5-4-6-12(3)7-8-14-9-13(16)10-15/h5,12-16H,4,6-10H2,1-3H3/t12-,13-/m0/s1. The predicted molar refractivity (Wildman–Crippen MR) is 68.4 cm³/mol. The highest BCUT2D eigenvalue weighted by Crippen LogP contribution is 2.10. The Labute approximate surface area is 99.6 Å². The lowest BCUT2D eigenvalue weighted by atomic mass is 10.0. The summed E-state index contributed by atoms with van der Waals surface area (Å²) in [6.45, 7) is 7.74. The van der Waals surface area contributed by atoms with E-state index in [1.54, 1.807) is 0 Å². The number of hydrogen-bond donors (Lipinski definition) is 3. The van der Waals surface area contributed by atoms with Crippen LogP contribution in [0.25, 0.3) is 0 Å². The quantitative estimate of drug-likeness (QED) is 0.417. The molecule has 0 aliphatic carbocycles. The van der Waals surface area contributed by atoms with Crippen LogP contribution in [0, 0.1) is 5.92 Å². The monoisotopic (exact) mass is 229 g/mol. The molecular weight excluding hydrogens is 202 g/mol. The van der Waals surface area contributed by atoms with Crippen LogP contribution in [0.2, 0.25) is 0 Å². The molecule has 0 aromatic heterocycles. The first-order valence-electron chi connectivity index (χ1n) is 6.19. The number of aliphatic hydroxyl groups excluding tert-OH is 2. The van der Waals surface area contributed by atoms with Crippen molar-refractivity contribution in [2.75, 3.05) is 19.7 Å². The minimum absolute atomic E-state index is 0.164. The summed E-state index contributed by atoms with van der Waals surface area (Å²) in [6, 6.07) is 0. The minimum atomic E-state index is -0.624. The Morgan fingerprint density at radius 3 is 2.56 bits per heavy atom. The van der Waals surface area contributed by atoms with Gasteiger partial charge in [-0.2, -0.15) is 0 Å². The van der Waals surface area contributed by atoms with E-state index in [4.69, 9.17) is 10.2 Å². The molecule has 0 aliphatic rings. The van der Waals surface area contributed by atoms with E-state index in [0.717, 1.165) is 19.4 Å². The molecule has 0 amide bonds. The van der Waals surface area contributed by atoms with Crippen molar-refractivity contribution in [2.45, 2.75) is 46.1 Å². The third-order valence-electron chi connectivity index (χ3n) is 2.62. The van der Waals surface area contributed by atoms with Gasteiger partial charge in [-0.15, -0.1) is 0 Å². The summed E-state index contributed by atoms with van der Waals surface area (Å²) < 4.78 is 0. The van der Waals surface area contributed by atoms with Gasteiger partial charge in [0.05, 0.1) is 12.7 Å². The molecule has 0 aliphatic heterocycles. The molecule has 0 rings (SSSR count). The van der Waals surface area contributed by atoms with Crippen molar-refractivity contribution in [1.29, 1.82) is 0 Å². The first-order chi connectivity index (χ1) is 7.56. The maximum absolute atomic E-state index is 9.11. The molecular formula is C13H27NO2. The fourth-order valence-electron chi connectivity index (χ4n) is 1.48. The molecule has 0 unspecified atom stereocenters. The second-order valence-corrected chi connectivity index (χ2v) is 4.79. The third-order valence-corrected chi connectivity index (χ3v) is 2.62. The summed E-state index contributed by atoms with van der Waals surface area (Å²) in [5.74, 6) is 0.703. The van der Waals surface area contributed by atoms with Crippen LogP contribution in [0.15, 0.2) is 11.6 Å². The molecule has 0 spiro atoms. The Morgan fingerprint density at radius 1 is 1.31 bits per heavy atom. The van der Waals surface area contributed by atoms with E-state index in [1.165, 1.54) is 12.0 Å². The van der Waals surface area contributed by atoms with Crippen molar-refractivity contribution in [3.63, 3.8) is 0 Å². The van der Waals surface area contributed by atoms with E-state index in [2.05, 4.69) is 32.2 Å². The summed E-state index contributed by atoms with van der Waals surface area (Å²) in [5, 5.41) is 20.9. The predicted octanol–water partition coefficient (Wildman–Crippen LogP) is 1.70. The van der Waals surface area contributed by atoms with Gasteiger partial charge in [-0.3, -0.25) is 0 Å². The molecule has 0 aromatic carbocycles. The molecule has 0 saturated carbocycles. The molecule has 3 nitrogen and oxygen atoms in total. The average molecular weight is 229 g/mol. The average Bonchev–Trinajstić information content (AvgIpc) is 2.23. The van der Waals surface area contributed by atoms with Crippen LogP contribution in [0.4, 0.5) is 0 Å². The first kappa shape index (κ1) is 15.6. The molecule has 96 valence electrons. The Hall–Kier alpha value is -0.380. The number of aliphatic hydroxyl groups is 2. The topological polar surface area (TPSA) is 52.5 Å². The van der Waals surface area contributed by atoms with Gasteiger partial charge in [-0.25, -0.2) is 0 Å². The fraction of sp³-hybridized carbons (Fsp3) is 0.846. The fourth-order valence-corrected chi connectivity index (χ4v) is 1.48. The van der Waals surface area contributed by atoms with Gasteiger partial charge in [-0.1, -0.05) is 18.6 Å². The van der Waals surface area contributed by atoms with Gasteiger partial charge in [0.15, 0.2) is 0 Å². The van der Waals surface area contributed by atoms with Crippen LogP contribution < -0.4 is 5.32 Å². The van der Waals surface area contributed by atoms with Crippen molar-refractivity contribution in [3.05, 3.63) is 11.6 Å². The van der Waals surface area contributed by atoms with Crippen LogP contribution >= 0.6 is 0 Å². The molecule has 16 heavy (non-hydrogen) atoms. The molecule has 2 atom stereocenters. The lowest BCUT2D eigenvalue weighted by Crippen LogP contribution is -2.30. The van der Waals surface area contributed by atoms with Crippen molar-refractivity contribution in [3.8, 4) is 0 Å². The molecule has 0 heterocycles. The maximum atomic E-state index is 9.11. The van der Waals surface area contributed by atoms with E-state index >= 15 is 0 Å². The summed E-state index contributed by atoms with van der Waals surface area (Å²) >= 11 is 0. The largest absolute Gasteiger partial charge is 0.394 e. The number of rotatable bonds is 9. The van der Waals surface area contributed by atoms with E-state index < -0.39 is 6.10 Å². The zero-order valence-corrected chi connectivity index (χ0v) is 10.9. The maximum Gasteiger partial charge on any atom is 0.0894 e.